The molecule has 11 aromatic heterocycles. The Balaban J connectivity index is 0.000000121. The van der Waals surface area contributed by atoms with E-state index in [1.54, 1.807) is 12.4 Å². The summed E-state index contributed by atoms with van der Waals surface area (Å²) in [5.41, 5.74) is 34.6. The molecule has 670 valence electrons. The smallest absolute Gasteiger partial charge is 0.179 e. The van der Waals surface area contributed by atoms with Gasteiger partial charge in [-0.25, -0.2) is 64.8 Å². The van der Waals surface area contributed by atoms with Crippen LogP contribution in [0.1, 0.15) is 23.6 Å². The van der Waals surface area contributed by atoms with E-state index in [-0.39, 0.29) is 0 Å². The molecule has 0 saturated carbocycles. The third-order valence-electron chi connectivity index (χ3n) is 25.7. The van der Waals surface area contributed by atoms with E-state index in [0.717, 1.165) is 201 Å². The number of aromatic nitrogens is 15. The van der Waals surface area contributed by atoms with Crippen LogP contribution in [0.5, 0.6) is 0 Å². The van der Waals surface area contributed by atoms with Crippen LogP contribution in [0.25, 0.3) is 246 Å². The Morgan fingerprint density at radius 1 is 0.155 bits per heavy atom. The molecule has 15 nitrogen and oxygen atoms in total. The van der Waals surface area contributed by atoms with Crippen LogP contribution in [-0.2, 0) is 6.42 Å². The molecule has 0 spiro atoms. The molecule has 25 rings (SSSR count). The van der Waals surface area contributed by atoms with Crippen LogP contribution in [0.4, 0.5) is 0 Å². The zero-order valence-electron chi connectivity index (χ0n) is 77.8. The maximum absolute atomic E-state index is 5.27. The Kier molecular flexibility index (Phi) is 23.9. The Morgan fingerprint density at radius 2 is 0.444 bits per heavy atom. The maximum Gasteiger partial charge on any atom is 0.179 e. The third kappa shape index (κ3) is 18.3. The Morgan fingerprint density at radius 3 is 0.887 bits per heavy atom. The summed E-state index contributed by atoms with van der Waals surface area (Å²) in [6.45, 7) is 6.46. The number of hydrogen-bond acceptors (Lipinski definition) is 15. The van der Waals surface area contributed by atoms with Gasteiger partial charge < -0.3 is 0 Å². The van der Waals surface area contributed by atoms with E-state index in [1.165, 1.54) is 27.8 Å². The molecule has 0 aliphatic heterocycles. The van der Waals surface area contributed by atoms with Crippen molar-refractivity contribution in [2.24, 2.45) is 0 Å². The zero-order valence-corrected chi connectivity index (χ0v) is 77.8. The first kappa shape index (κ1) is 87.1. The van der Waals surface area contributed by atoms with Gasteiger partial charge in [0.15, 0.2) is 29.1 Å². The standard InChI is InChI=1S/C52H35N5.C41H29N5.C34H23N5/c1-34-32-47(38-14-7-3-8-15-38)54-49-45(34)30-28-39-29-31-46(53-48(39)49)44-19-11-18-43(33-44)37-22-26-42(27-23-37)52-56-50(40-16-9-4-10-17-40)55-51(57-52)41-24-20-36(21-25-41)35-12-5-2-6-13-35;1-2-27-25-36(32-17-11-16-31(24-32)28-12-5-3-6-13-28)44-40-33(27)21-19-30-20-22-35(43-39(30)40)41-45-37(29-14-7-4-8-15-29)26-38(46-41)34-18-9-10-23-42-34;1-22-20-29(23-10-4-2-5-11-23)37-33-26(22)17-15-25-16-18-27(36-32(25)33)31-21-30(24-12-6-3-7-13-24)38-34(39-31)28-14-8-9-19-35-28/h2-33H,1H3;3-26H,2H2,1H3;2-21H,1H3. The van der Waals surface area contributed by atoms with Gasteiger partial charge in [0.05, 0.1) is 90.0 Å². The molecule has 11 heterocycles. The van der Waals surface area contributed by atoms with Gasteiger partial charge >= 0.3 is 0 Å². The van der Waals surface area contributed by atoms with Gasteiger partial charge in [0, 0.05) is 94.8 Å². The number of nitrogens with zero attached hydrogens (tertiary/aromatic N) is 15. The van der Waals surface area contributed by atoms with Crippen LogP contribution in [0.15, 0.2) is 461 Å². The largest absolute Gasteiger partial charge is 0.255 e. The second-order valence-corrected chi connectivity index (χ2v) is 34.9. The van der Waals surface area contributed by atoms with Crippen LogP contribution in [0, 0.1) is 13.8 Å². The predicted octanol–water partition coefficient (Wildman–Crippen LogP) is 30.8. The number of fused-ring (bicyclic) bond motifs is 9. The van der Waals surface area contributed by atoms with Gasteiger partial charge in [-0.3, -0.25) is 9.97 Å². The topological polar surface area (TPSA) is 193 Å². The summed E-state index contributed by atoms with van der Waals surface area (Å²) < 4.78 is 0. The van der Waals surface area contributed by atoms with Gasteiger partial charge in [0.1, 0.15) is 11.4 Å². The van der Waals surface area contributed by atoms with E-state index in [4.69, 9.17) is 64.8 Å². The molecular formula is C127H87N15. The normalized spacial score (nSPS) is 11.2. The molecule has 25 aromatic rings. The molecule has 142 heavy (non-hydrogen) atoms. The van der Waals surface area contributed by atoms with Crippen molar-refractivity contribution in [2.75, 3.05) is 0 Å². The molecule has 0 fully saturated rings. The fraction of sp³-hybridized carbons (Fsp3) is 0.0315. The van der Waals surface area contributed by atoms with Crippen LogP contribution in [-0.4, -0.2) is 74.8 Å². The highest BCUT2D eigenvalue weighted by atomic mass is 15.0. The van der Waals surface area contributed by atoms with Crippen molar-refractivity contribution in [3.8, 4) is 181 Å². The lowest BCUT2D eigenvalue weighted by atomic mass is 9.98. The minimum atomic E-state index is 0.545. The Hall–Kier alpha value is -19.0. The van der Waals surface area contributed by atoms with Gasteiger partial charge in [0.2, 0.25) is 0 Å². The van der Waals surface area contributed by atoms with Crippen molar-refractivity contribution >= 4 is 65.4 Å². The van der Waals surface area contributed by atoms with E-state index in [0.29, 0.717) is 40.5 Å². The first-order valence-corrected chi connectivity index (χ1v) is 47.4. The van der Waals surface area contributed by atoms with Crippen LogP contribution in [0.3, 0.4) is 0 Å². The lowest BCUT2D eigenvalue weighted by Gasteiger charge is -2.13. The Bertz CT molecular complexity index is 8860. The highest BCUT2D eigenvalue weighted by Crippen LogP contribution is 2.40. The van der Waals surface area contributed by atoms with Crippen molar-refractivity contribution in [1.29, 1.82) is 0 Å². The summed E-state index contributed by atoms with van der Waals surface area (Å²) in [6.07, 6.45) is 4.42. The minimum Gasteiger partial charge on any atom is -0.255 e. The third-order valence-corrected chi connectivity index (χ3v) is 25.7. The summed E-state index contributed by atoms with van der Waals surface area (Å²) >= 11 is 0. The van der Waals surface area contributed by atoms with Gasteiger partial charge in [-0.2, -0.15) is 0 Å². The molecule has 0 atom stereocenters. The summed E-state index contributed by atoms with van der Waals surface area (Å²) in [5, 5.41) is 6.43. The molecule has 0 saturated heterocycles. The van der Waals surface area contributed by atoms with Gasteiger partial charge in [-0.15, -0.1) is 0 Å². The molecule has 0 aliphatic rings. The van der Waals surface area contributed by atoms with E-state index in [1.807, 2.05) is 188 Å². The Labute approximate surface area is 820 Å². The minimum absolute atomic E-state index is 0.545. The molecule has 0 amide bonds. The van der Waals surface area contributed by atoms with Crippen molar-refractivity contribution in [3.05, 3.63) is 478 Å². The van der Waals surface area contributed by atoms with Crippen molar-refractivity contribution < 1.29 is 0 Å². The predicted molar refractivity (Wildman–Crippen MR) is 577 cm³/mol. The van der Waals surface area contributed by atoms with Crippen molar-refractivity contribution in [2.45, 2.75) is 27.2 Å². The first-order chi connectivity index (χ1) is 70.1. The SMILES string of the molecule is CCc1cc(-c2cccc(-c3ccccc3)c2)nc2c1ccc1ccc(-c3nc(-c4ccccc4)cc(-c4ccccn4)n3)nc12.Cc1cc(-c2ccccc2)nc2c1ccc1ccc(-c3cc(-c4ccccc4)nc(-c4ccccn4)n3)nc12.Cc1cc(-c2ccccc2)nc2c1ccc1ccc(-c3cccc(-c4ccc(-c5nc(-c6ccccc6)nc(-c6ccc(-c7ccccc7)cc6)n5)cc4)c3)nc12. The van der Waals surface area contributed by atoms with Crippen LogP contribution < -0.4 is 0 Å². The number of aryl methyl sites for hydroxylation is 3. The lowest BCUT2D eigenvalue weighted by molar-refractivity contribution is 1.07. The molecule has 15 heteroatoms. The number of benzene rings is 14. The summed E-state index contributed by atoms with van der Waals surface area (Å²) in [5.74, 6) is 3.00. The molecule has 14 aromatic carbocycles. The first-order valence-electron chi connectivity index (χ1n) is 47.4. The average molecular weight is 1820 g/mol. The maximum atomic E-state index is 5.27. The van der Waals surface area contributed by atoms with Crippen molar-refractivity contribution in [1.82, 2.24) is 74.8 Å². The fourth-order valence-corrected chi connectivity index (χ4v) is 18.3. The van der Waals surface area contributed by atoms with E-state index in [9.17, 15) is 0 Å². The molecule has 0 bridgehead atoms. The highest BCUT2D eigenvalue weighted by Gasteiger charge is 2.22. The zero-order chi connectivity index (χ0) is 95.2. The van der Waals surface area contributed by atoms with E-state index < -0.39 is 0 Å². The average Bonchev–Trinajstić information content (AvgIpc) is 0.746. The second kappa shape index (κ2) is 39.0. The molecule has 0 unspecified atom stereocenters. The summed E-state index contributed by atoms with van der Waals surface area (Å²) in [4.78, 5) is 74.8. The molecule has 0 aliphatic carbocycles. The number of hydrogen-bond donors (Lipinski definition) is 0. The number of rotatable bonds is 17. The van der Waals surface area contributed by atoms with E-state index in [2.05, 4.69) is 292 Å². The van der Waals surface area contributed by atoms with Gasteiger partial charge in [-0.1, -0.05) is 371 Å². The molecule has 0 N–H and O–H groups in total. The van der Waals surface area contributed by atoms with Crippen molar-refractivity contribution in [3.63, 3.8) is 0 Å². The van der Waals surface area contributed by atoms with E-state index >= 15 is 0 Å². The highest BCUT2D eigenvalue weighted by molar-refractivity contribution is 6.08. The number of pyridine rings is 8. The summed E-state index contributed by atoms with van der Waals surface area (Å²) in [6, 6.07) is 153. The molecular weight excluding hydrogens is 1740 g/mol. The lowest BCUT2D eigenvalue weighted by Crippen LogP contribution is -2.00. The fourth-order valence-electron chi connectivity index (χ4n) is 18.3. The molecule has 0 radical (unpaired) electrons. The quantitative estimate of drug-likeness (QED) is 0.0781. The second-order valence-electron chi connectivity index (χ2n) is 34.9. The van der Waals surface area contributed by atoms with Crippen LogP contribution in [0.2, 0.25) is 0 Å². The van der Waals surface area contributed by atoms with Crippen LogP contribution >= 0.6 is 0 Å². The monoisotopic (exact) mass is 1820 g/mol. The van der Waals surface area contributed by atoms with Gasteiger partial charge in [-0.05, 0) is 155 Å². The summed E-state index contributed by atoms with van der Waals surface area (Å²) in [7, 11) is 0. The van der Waals surface area contributed by atoms with Gasteiger partial charge in [0.25, 0.3) is 0 Å².